The Bertz CT molecular complexity index is 754. The first-order valence-corrected chi connectivity index (χ1v) is 7.21. The smallest absolute Gasteiger partial charge is 0.255 e. The summed E-state index contributed by atoms with van der Waals surface area (Å²) in [4.78, 5) is 48.2. The third kappa shape index (κ3) is 2.73. The average molecular weight is 313 g/mol. The van der Waals surface area contributed by atoms with Crippen molar-refractivity contribution in [1.29, 1.82) is 0 Å². The van der Waals surface area contributed by atoms with Crippen molar-refractivity contribution in [2.75, 3.05) is 0 Å². The maximum absolute atomic E-state index is 12.6. The minimum Gasteiger partial charge on any atom is -0.366 e. The number of piperidine rings is 1. The summed E-state index contributed by atoms with van der Waals surface area (Å²) >= 11 is 0. The number of carbonyl (C=O) groups is 4. The highest BCUT2D eigenvalue weighted by Gasteiger charge is 2.39. The highest BCUT2D eigenvalue weighted by Crippen LogP contribution is 2.30. The Morgan fingerprint density at radius 2 is 2.09 bits per heavy atom. The molecule has 0 saturated carbocycles. The first-order chi connectivity index (χ1) is 11.0. The molecule has 3 N–H and O–H groups in total. The zero-order valence-corrected chi connectivity index (χ0v) is 12.2. The molecule has 2 aliphatic heterocycles. The number of hydrogen-bond donors (Lipinski definition) is 2. The van der Waals surface area contributed by atoms with E-state index in [9.17, 15) is 19.2 Å². The van der Waals surface area contributed by atoms with Gasteiger partial charge >= 0.3 is 0 Å². The van der Waals surface area contributed by atoms with Crippen LogP contribution in [0.3, 0.4) is 0 Å². The molecule has 0 spiro atoms. The molecule has 2 heterocycles. The Balaban J connectivity index is 1.90. The van der Waals surface area contributed by atoms with Gasteiger partial charge in [0.1, 0.15) is 6.04 Å². The van der Waals surface area contributed by atoms with Crippen LogP contribution >= 0.6 is 0 Å². The van der Waals surface area contributed by atoms with Crippen LogP contribution in [0.1, 0.15) is 34.3 Å². The fourth-order valence-corrected chi connectivity index (χ4v) is 2.94. The molecule has 1 fully saturated rings. The van der Waals surface area contributed by atoms with Crippen LogP contribution in [0.5, 0.6) is 0 Å². The van der Waals surface area contributed by atoms with Gasteiger partial charge in [0.05, 0.1) is 0 Å². The largest absolute Gasteiger partial charge is 0.366 e. The summed E-state index contributed by atoms with van der Waals surface area (Å²) in [5, 5.41) is 2.26. The lowest BCUT2D eigenvalue weighted by Crippen LogP contribution is -2.52. The van der Waals surface area contributed by atoms with Crippen molar-refractivity contribution >= 4 is 29.7 Å². The molecule has 0 aromatic heterocycles. The van der Waals surface area contributed by atoms with Crippen molar-refractivity contribution in [1.82, 2.24) is 10.2 Å². The number of nitrogens with two attached hydrogens (primary N) is 1. The van der Waals surface area contributed by atoms with Gasteiger partial charge in [-0.25, -0.2) is 0 Å². The minimum atomic E-state index is -0.652. The second kappa shape index (κ2) is 5.68. The lowest BCUT2D eigenvalue weighted by Gasteiger charge is -2.29. The summed E-state index contributed by atoms with van der Waals surface area (Å²) in [5.41, 5.74) is 7.06. The van der Waals surface area contributed by atoms with Gasteiger partial charge in [0.2, 0.25) is 17.7 Å². The van der Waals surface area contributed by atoms with E-state index in [0.29, 0.717) is 17.5 Å². The van der Waals surface area contributed by atoms with E-state index < -0.39 is 17.9 Å². The summed E-state index contributed by atoms with van der Waals surface area (Å²) in [6, 6.07) is 4.52. The number of fused-ring (bicyclic) bond motifs is 1. The quantitative estimate of drug-likeness (QED) is 0.602. The van der Waals surface area contributed by atoms with Gasteiger partial charge < -0.3 is 10.6 Å². The van der Waals surface area contributed by atoms with Gasteiger partial charge in [0.15, 0.2) is 0 Å². The fraction of sp³-hybridized carbons (Fsp3) is 0.250. The van der Waals surface area contributed by atoms with Gasteiger partial charge in [-0.15, -0.1) is 0 Å². The van der Waals surface area contributed by atoms with Crippen molar-refractivity contribution in [3.63, 3.8) is 0 Å². The van der Waals surface area contributed by atoms with Crippen LogP contribution in [0.4, 0.5) is 0 Å². The number of carbonyl (C=O) groups excluding carboxylic acids is 4. The number of amides is 4. The van der Waals surface area contributed by atoms with Gasteiger partial charge in [-0.2, -0.15) is 0 Å². The summed E-state index contributed by atoms with van der Waals surface area (Å²) in [5.74, 6) is -1.59. The van der Waals surface area contributed by atoms with E-state index in [1.165, 1.54) is 11.0 Å². The molecule has 0 bridgehead atoms. The standard InChI is InChI=1S/C16H15N3O4/c17-13(20)6-4-9-2-1-3-10-11(9)8-19(16(10)23)12-5-7-14(21)18-15(12)22/h1-4,6,12H,5,7-8H2,(H2,17,20)(H,18,21,22). The van der Waals surface area contributed by atoms with Gasteiger partial charge in [0.25, 0.3) is 5.91 Å². The first-order valence-electron chi connectivity index (χ1n) is 7.21. The van der Waals surface area contributed by atoms with E-state index in [4.69, 9.17) is 5.73 Å². The van der Waals surface area contributed by atoms with E-state index in [1.54, 1.807) is 24.3 Å². The van der Waals surface area contributed by atoms with Crippen molar-refractivity contribution in [3.8, 4) is 0 Å². The summed E-state index contributed by atoms with van der Waals surface area (Å²) in [6.45, 7) is 0.264. The number of nitrogens with one attached hydrogen (secondary N) is 1. The second-order valence-electron chi connectivity index (χ2n) is 5.51. The SMILES string of the molecule is NC(=O)C=Cc1cccc2c1CN(C1CCC(=O)NC1=O)C2=O. The van der Waals surface area contributed by atoms with Gasteiger partial charge in [-0.1, -0.05) is 12.1 Å². The maximum Gasteiger partial charge on any atom is 0.255 e. The molecule has 4 amide bonds. The van der Waals surface area contributed by atoms with Crippen molar-refractivity contribution in [2.45, 2.75) is 25.4 Å². The number of imide groups is 1. The fourth-order valence-electron chi connectivity index (χ4n) is 2.94. The van der Waals surface area contributed by atoms with Crippen molar-refractivity contribution in [3.05, 3.63) is 41.0 Å². The first kappa shape index (κ1) is 15.0. The number of hydrogen-bond acceptors (Lipinski definition) is 4. The predicted octanol–water partition coefficient (Wildman–Crippen LogP) is -0.0539. The Labute approximate surface area is 132 Å². The monoisotopic (exact) mass is 313 g/mol. The third-order valence-electron chi connectivity index (χ3n) is 4.05. The highest BCUT2D eigenvalue weighted by atomic mass is 16.2. The Morgan fingerprint density at radius 3 is 2.78 bits per heavy atom. The molecule has 7 nitrogen and oxygen atoms in total. The van der Waals surface area contributed by atoms with Gasteiger partial charge in [-0.05, 0) is 29.7 Å². The van der Waals surface area contributed by atoms with E-state index >= 15 is 0 Å². The van der Waals surface area contributed by atoms with Crippen LogP contribution in [0.25, 0.3) is 6.08 Å². The number of benzene rings is 1. The van der Waals surface area contributed by atoms with Crippen LogP contribution in [0, 0.1) is 0 Å². The van der Waals surface area contributed by atoms with E-state index in [0.717, 1.165) is 5.56 Å². The number of nitrogens with zero attached hydrogens (tertiary/aromatic N) is 1. The lowest BCUT2D eigenvalue weighted by atomic mass is 10.0. The molecule has 1 unspecified atom stereocenters. The topological polar surface area (TPSA) is 110 Å². The van der Waals surface area contributed by atoms with Gasteiger partial charge in [0, 0.05) is 24.6 Å². The maximum atomic E-state index is 12.6. The van der Waals surface area contributed by atoms with E-state index in [-0.39, 0.29) is 24.8 Å². The van der Waals surface area contributed by atoms with E-state index in [1.807, 2.05) is 0 Å². The van der Waals surface area contributed by atoms with Crippen molar-refractivity contribution in [2.24, 2.45) is 5.73 Å². The Kier molecular flexibility index (Phi) is 3.69. The second-order valence-corrected chi connectivity index (χ2v) is 5.51. The zero-order valence-electron chi connectivity index (χ0n) is 12.2. The molecule has 2 aliphatic rings. The summed E-state index contributed by atoms with van der Waals surface area (Å²) in [6.07, 6.45) is 3.32. The van der Waals surface area contributed by atoms with E-state index in [2.05, 4.69) is 5.32 Å². The molecular weight excluding hydrogens is 298 g/mol. The molecule has 7 heteroatoms. The Morgan fingerprint density at radius 1 is 1.30 bits per heavy atom. The zero-order chi connectivity index (χ0) is 16.6. The third-order valence-corrected chi connectivity index (χ3v) is 4.05. The van der Waals surface area contributed by atoms with Crippen LogP contribution in [0.2, 0.25) is 0 Å². The van der Waals surface area contributed by atoms with Gasteiger partial charge in [-0.3, -0.25) is 24.5 Å². The molecule has 23 heavy (non-hydrogen) atoms. The van der Waals surface area contributed by atoms with Crippen LogP contribution < -0.4 is 11.1 Å². The number of primary amides is 1. The summed E-state index contributed by atoms with van der Waals surface area (Å²) in [7, 11) is 0. The molecule has 1 atom stereocenters. The van der Waals surface area contributed by atoms with Crippen LogP contribution in [-0.2, 0) is 20.9 Å². The van der Waals surface area contributed by atoms with Crippen LogP contribution in [0.15, 0.2) is 24.3 Å². The Hall–Kier alpha value is -2.96. The molecule has 1 aromatic rings. The lowest BCUT2D eigenvalue weighted by molar-refractivity contribution is -0.137. The molecule has 0 radical (unpaired) electrons. The van der Waals surface area contributed by atoms with Crippen molar-refractivity contribution < 1.29 is 19.2 Å². The average Bonchev–Trinajstić information content (AvgIpc) is 2.83. The predicted molar refractivity (Wildman–Crippen MR) is 80.7 cm³/mol. The summed E-state index contributed by atoms with van der Waals surface area (Å²) < 4.78 is 0. The molecule has 3 rings (SSSR count). The molecule has 118 valence electrons. The highest BCUT2D eigenvalue weighted by molar-refractivity contribution is 6.06. The molecule has 1 saturated heterocycles. The normalized spacial score (nSPS) is 20.8. The van der Waals surface area contributed by atoms with Crippen LogP contribution in [-0.4, -0.2) is 34.6 Å². The molecular formula is C16H15N3O4. The number of rotatable bonds is 3. The molecule has 0 aliphatic carbocycles. The molecule has 1 aromatic carbocycles. The minimum absolute atomic E-state index is 0.213.